The van der Waals surface area contributed by atoms with E-state index in [2.05, 4.69) is 0 Å². The first-order valence-corrected chi connectivity index (χ1v) is 7.08. The Balaban J connectivity index is 2.01. The van der Waals surface area contributed by atoms with Crippen LogP contribution in [0.15, 0.2) is 12.2 Å². The molecule has 0 radical (unpaired) electrons. The third-order valence-corrected chi connectivity index (χ3v) is 3.68. The molecule has 2 saturated heterocycles. The molecule has 3 rings (SSSR count). The molecule has 0 unspecified atom stereocenters. The number of hydrogen-bond acceptors (Lipinski definition) is 8. The van der Waals surface area contributed by atoms with Gasteiger partial charge in [-0.2, -0.15) is 0 Å². The van der Waals surface area contributed by atoms with Crippen LogP contribution >= 0.6 is 0 Å². The molecule has 2 aliphatic heterocycles. The van der Waals surface area contributed by atoms with E-state index in [9.17, 15) is 9.59 Å². The second kappa shape index (κ2) is 5.62. The van der Waals surface area contributed by atoms with Crippen molar-refractivity contribution in [3.63, 3.8) is 0 Å². The molecule has 0 aromatic heterocycles. The summed E-state index contributed by atoms with van der Waals surface area (Å²) < 4.78 is 33.2. The Morgan fingerprint density at radius 1 is 0.818 bits per heavy atom. The topological polar surface area (TPSA) is 89.5 Å². The van der Waals surface area contributed by atoms with Crippen LogP contribution in [0.1, 0.15) is 13.8 Å². The van der Waals surface area contributed by atoms with Gasteiger partial charge in [0.15, 0.2) is 0 Å². The Bertz CT molecular complexity index is 443. The zero-order valence-corrected chi connectivity index (χ0v) is 12.4. The first-order valence-electron chi connectivity index (χ1n) is 7.08. The second-order valence-electron chi connectivity index (χ2n) is 5.23. The quantitative estimate of drug-likeness (QED) is 0.516. The normalized spacial score (nSPS) is 31.5. The van der Waals surface area contributed by atoms with Crippen molar-refractivity contribution in [1.82, 2.24) is 0 Å². The monoisotopic (exact) mass is 314 g/mol. The van der Waals surface area contributed by atoms with Gasteiger partial charge < -0.3 is 28.4 Å². The van der Waals surface area contributed by atoms with E-state index < -0.39 is 35.7 Å². The van der Waals surface area contributed by atoms with Crippen molar-refractivity contribution in [2.75, 3.05) is 26.4 Å². The maximum Gasteiger partial charge on any atom is 0.303 e. The van der Waals surface area contributed by atoms with Crippen molar-refractivity contribution in [2.24, 2.45) is 0 Å². The summed E-state index contributed by atoms with van der Waals surface area (Å²) in [7, 11) is 0. The van der Waals surface area contributed by atoms with E-state index in [0.717, 1.165) is 0 Å². The van der Waals surface area contributed by atoms with Gasteiger partial charge in [0.2, 0.25) is 23.8 Å². The lowest BCUT2D eigenvalue weighted by atomic mass is 9.89. The number of carbonyl (C=O) groups excluding carboxylic acids is 2. The van der Waals surface area contributed by atoms with Crippen molar-refractivity contribution in [3.8, 4) is 0 Å². The maximum atomic E-state index is 11.5. The smallest absolute Gasteiger partial charge is 0.303 e. The Kier molecular flexibility index (Phi) is 3.94. The third-order valence-electron chi connectivity index (χ3n) is 3.68. The van der Waals surface area contributed by atoms with Crippen molar-refractivity contribution in [1.29, 1.82) is 0 Å². The molecule has 0 N–H and O–H groups in total. The van der Waals surface area contributed by atoms with E-state index in [4.69, 9.17) is 28.4 Å². The molecule has 8 heteroatoms. The second-order valence-corrected chi connectivity index (χ2v) is 5.23. The van der Waals surface area contributed by atoms with Gasteiger partial charge in [0.05, 0.1) is 26.4 Å². The molecular weight excluding hydrogens is 296 g/mol. The van der Waals surface area contributed by atoms with E-state index in [0.29, 0.717) is 26.4 Å². The van der Waals surface area contributed by atoms with E-state index >= 15 is 0 Å². The molecule has 2 atom stereocenters. The van der Waals surface area contributed by atoms with Gasteiger partial charge in [-0.15, -0.1) is 0 Å². The van der Waals surface area contributed by atoms with E-state index in [-0.39, 0.29) is 0 Å². The summed E-state index contributed by atoms with van der Waals surface area (Å²) >= 11 is 0. The molecular formula is C14H18O8. The molecule has 122 valence electrons. The SMILES string of the molecule is CC(=O)O[C@@H]1[C@H](OC(C)=O)C2(C=CC13OCCO3)OCCO2. The molecule has 8 nitrogen and oxygen atoms in total. The molecule has 2 spiro atoms. The van der Waals surface area contributed by atoms with Gasteiger partial charge >= 0.3 is 11.9 Å². The molecule has 0 saturated carbocycles. The average molecular weight is 314 g/mol. The first kappa shape index (κ1) is 15.4. The van der Waals surface area contributed by atoms with Gasteiger partial charge in [-0.3, -0.25) is 9.59 Å². The number of ether oxygens (including phenoxy) is 6. The lowest BCUT2D eigenvalue weighted by Gasteiger charge is -2.45. The molecule has 0 amide bonds. The molecule has 2 fully saturated rings. The minimum absolute atomic E-state index is 0.337. The molecule has 0 aromatic rings. The van der Waals surface area contributed by atoms with Crippen LogP contribution in [0.3, 0.4) is 0 Å². The van der Waals surface area contributed by atoms with E-state index in [1.165, 1.54) is 13.8 Å². The maximum absolute atomic E-state index is 11.5. The predicted octanol–water partition coefficient (Wildman–Crippen LogP) is -0.0942. The van der Waals surface area contributed by atoms with Gasteiger partial charge in [0.1, 0.15) is 0 Å². The first-order chi connectivity index (χ1) is 10.5. The van der Waals surface area contributed by atoms with Crippen molar-refractivity contribution >= 4 is 11.9 Å². The lowest BCUT2D eigenvalue weighted by molar-refractivity contribution is -0.289. The number of carbonyl (C=O) groups is 2. The Morgan fingerprint density at radius 2 is 1.14 bits per heavy atom. The van der Waals surface area contributed by atoms with Crippen LogP contribution in [0, 0.1) is 0 Å². The van der Waals surface area contributed by atoms with Gasteiger partial charge in [-0.25, -0.2) is 0 Å². The van der Waals surface area contributed by atoms with E-state index in [1.54, 1.807) is 12.2 Å². The van der Waals surface area contributed by atoms with Crippen molar-refractivity contribution in [3.05, 3.63) is 12.2 Å². The number of rotatable bonds is 2. The molecule has 0 aromatic carbocycles. The zero-order chi connectivity index (χ0) is 15.8. The van der Waals surface area contributed by atoms with Gasteiger partial charge in [-0.1, -0.05) is 0 Å². The molecule has 22 heavy (non-hydrogen) atoms. The summed E-state index contributed by atoms with van der Waals surface area (Å²) in [5.41, 5.74) is 0. The number of esters is 2. The Hall–Kier alpha value is -1.48. The van der Waals surface area contributed by atoms with E-state index in [1.807, 2.05) is 0 Å². The van der Waals surface area contributed by atoms with Crippen LogP contribution in [-0.2, 0) is 38.0 Å². The molecule has 1 aliphatic carbocycles. The summed E-state index contributed by atoms with van der Waals surface area (Å²) in [4.78, 5) is 23.0. The minimum Gasteiger partial charge on any atom is -0.452 e. The van der Waals surface area contributed by atoms with Crippen LogP contribution in [0.2, 0.25) is 0 Å². The van der Waals surface area contributed by atoms with Gasteiger partial charge in [-0.05, 0) is 12.2 Å². The van der Waals surface area contributed by atoms with Crippen LogP contribution in [0.5, 0.6) is 0 Å². The standard InChI is InChI=1S/C14H18O8/c1-9(15)21-11-12(22-10(2)16)14(19-7-8-20-14)4-3-13(11)17-5-6-18-13/h3-4,11-12H,5-8H2,1-2H3/t11-,12+. The summed E-state index contributed by atoms with van der Waals surface area (Å²) in [6, 6.07) is 0. The molecule has 0 bridgehead atoms. The molecule has 3 aliphatic rings. The average Bonchev–Trinajstić information content (AvgIpc) is 3.09. The Labute approximate surface area is 127 Å². The molecule has 2 heterocycles. The summed E-state index contributed by atoms with van der Waals surface area (Å²) in [6.45, 7) is 3.87. The fraction of sp³-hybridized carbons (Fsp3) is 0.714. The van der Waals surface area contributed by atoms with Gasteiger partial charge in [0, 0.05) is 13.8 Å². The lowest BCUT2D eigenvalue weighted by Crippen LogP contribution is -2.63. The zero-order valence-electron chi connectivity index (χ0n) is 12.4. The highest BCUT2D eigenvalue weighted by Gasteiger charge is 2.62. The highest BCUT2D eigenvalue weighted by Crippen LogP contribution is 2.42. The third kappa shape index (κ3) is 2.52. The van der Waals surface area contributed by atoms with Crippen molar-refractivity contribution < 1.29 is 38.0 Å². The van der Waals surface area contributed by atoms with Crippen LogP contribution in [0.25, 0.3) is 0 Å². The Morgan fingerprint density at radius 3 is 1.41 bits per heavy atom. The van der Waals surface area contributed by atoms with Crippen LogP contribution in [-0.4, -0.2) is 62.1 Å². The minimum atomic E-state index is -1.30. The largest absolute Gasteiger partial charge is 0.452 e. The fourth-order valence-corrected chi connectivity index (χ4v) is 2.90. The van der Waals surface area contributed by atoms with Crippen LogP contribution in [0.4, 0.5) is 0 Å². The number of hydrogen-bond donors (Lipinski definition) is 0. The summed E-state index contributed by atoms with van der Waals surface area (Å²) in [6.07, 6.45) is 1.14. The highest BCUT2D eigenvalue weighted by molar-refractivity contribution is 5.68. The summed E-state index contributed by atoms with van der Waals surface area (Å²) in [5.74, 6) is -3.70. The predicted molar refractivity (Wildman–Crippen MR) is 69.5 cm³/mol. The fourth-order valence-electron chi connectivity index (χ4n) is 2.90. The van der Waals surface area contributed by atoms with Crippen molar-refractivity contribution in [2.45, 2.75) is 37.6 Å². The highest BCUT2D eigenvalue weighted by atomic mass is 16.8. The van der Waals surface area contributed by atoms with Gasteiger partial charge in [0.25, 0.3) is 0 Å². The van der Waals surface area contributed by atoms with Crippen LogP contribution < -0.4 is 0 Å². The summed E-state index contributed by atoms with van der Waals surface area (Å²) in [5, 5.41) is 0.